The highest BCUT2D eigenvalue weighted by Gasteiger charge is 2.26. The van der Waals surface area contributed by atoms with Gasteiger partial charge in [-0.2, -0.15) is 0 Å². The van der Waals surface area contributed by atoms with Crippen LogP contribution >= 0.6 is 0 Å². The second-order valence-electron chi connectivity index (χ2n) is 4.47. The Kier molecular flexibility index (Phi) is 4.37. The average molecular weight is 308 g/mol. The van der Waals surface area contributed by atoms with Crippen LogP contribution in [0.2, 0.25) is 0 Å². The van der Waals surface area contributed by atoms with Crippen LogP contribution in [0.3, 0.4) is 0 Å². The van der Waals surface area contributed by atoms with Crippen molar-refractivity contribution in [2.45, 2.75) is 18.5 Å². The fraction of sp³-hybridized carbons (Fsp3) is 0.308. The zero-order chi connectivity index (χ0) is 15.5. The van der Waals surface area contributed by atoms with Gasteiger partial charge in [-0.3, -0.25) is 9.89 Å². The van der Waals surface area contributed by atoms with E-state index < -0.39 is 21.5 Å². The summed E-state index contributed by atoms with van der Waals surface area (Å²) < 4.78 is 24.2. The van der Waals surface area contributed by atoms with Crippen molar-refractivity contribution >= 4 is 21.4 Å². The molecule has 1 amide bonds. The van der Waals surface area contributed by atoms with Gasteiger partial charge in [0.15, 0.2) is 0 Å². The van der Waals surface area contributed by atoms with Crippen molar-refractivity contribution in [3.8, 4) is 0 Å². The predicted molar refractivity (Wildman–Crippen MR) is 77.7 cm³/mol. The summed E-state index contributed by atoms with van der Waals surface area (Å²) in [6.07, 6.45) is 0.542. The van der Waals surface area contributed by atoms with Gasteiger partial charge in [0.1, 0.15) is 11.6 Å². The van der Waals surface area contributed by atoms with E-state index in [0.717, 1.165) is 0 Å². The Balaban J connectivity index is 2.15. The Bertz CT molecular complexity index is 725. The first-order valence-corrected chi connectivity index (χ1v) is 8.05. The maximum absolute atomic E-state index is 12.1. The number of carbonyl (C=O) groups is 1. The van der Waals surface area contributed by atoms with Gasteiger partial charge < -0.3 is 4.90 Å². The number of aryl methyl sites for hydroxylation is 1. The third kappa shape index (κ3) is 3.46. The van der Waals surface area contributed by atoms with E-state index in [2.05, 4.69) is 15.2 Å². The highest BCUT2D eigenvalue weighted by Crippen LogP contribution is 2.13. The van der Waals surface area contributed by atoms with Crippen molar-refractivity contribution in [3.05, 3.63) is 36.2 Å². The summed E-state index contributed by atoms with van der Waals surface area (Å²) in [7, 11) is -2.32. The Labute approximate surface area is 122 Å². The van der Waals surface area contributed by atoms with E-state index >= 15 is 0 Å². The molecule has 1 aromatic carbocycles. The maximum Gasteiger partial charge on any atom is 0.267 e. The van der Waals surface area contributed by atoms with E-state index in [1.165, 1.54) is 11.9 Å². The Morgan fingerprint density at radius 2 is 1.95 bits per heavy atom. The van der Waals surface area contributed by atoms with Crippen LogP contribution in [0.1, 0.15) is 12.7 Å². The molecule has 8 heteroatoms. The number of sulfone groups is 1. The van der Waals surface area contributed by atoms with Gasteiger partial charge in [0.2, 0.25) is 15.7 Å². The number of nitrogens with zero attached hydrogens (tertiary/aromatic N) is 3. The van der Waals surface area contributed by atoms with Crippen LogP contribution in [0.4, 0.5) is 5.69 Å². The number of aromatic nitrogens is 3. The van der Waals surface area contributed by atoms with Crippen LogP contribution in [0.15, 0.2) is 35.5 Å². The van der Waals surface area contributed by atoms with Crippen LogP contribution in [-0.2, 0) is 21.1 Å². The van der Waals surface area contributed by atoms with Crippen molar-refractivity contribution in [1.82, 2.24) is 15.2 Å². The molecule has 1 aromatic heterocycles. The quantitative estimate of drug-likeness (QED) is 0.881. The predicted octanol–water partition coefficient (Wildman–Crippen LogP) is 0.804. The molecule has 1 heterocycles. The number of nitrogens with one attached hydrogen (secondary N) is 1. The smallest absolute Gasteiger partial charge is 0.267 e. The first-order valence-electron chi connectivity index (χ1n) is 6.39. The highest BCUT2D eigenvalue weighted by molar-refractivity contribution is 7.92. The fourth-order valence-electron chi connectivity index (χ4n) is 1.69. The molecule has 112 valence electrons. The monoisotopic (exact) mass is 308 g/mol. The molecule has 2 rings (SSSR count). The number of carbonyl (C=O) groups excluding carboxylic acids is 1. The molecule has 0 saturated heterocycles. The third-order valence-corrected chi connectivity index (χ3v) is 4.32. The number of para-hydroxylation sites is 1. The molecule has 0 radical (unpaired) electrons. The lowest BCUT2D eigenvalue weighted by Gasteiger charge is -2.16. The molecular formula is C13H16N4O3S. The standard InChI is InChI=1S/C13H16N4O3S/c1-3-11-14-13(16-15-11)21(19,20)9-12(18)17(2)10-7-5-4-6-8-10/h4-8H,3,9H2,1-2H3,(H,14,15,16). The van der Waals surface area contributed by atoms with Crippen molar-refractivity contribution in [2.75, 3.05) is 17.7 Å². The van der Waals surface area contributed by atoms with E-state index in [-0.39, 0.29) is 5.16 Å². The number of anilines is 1. The number of rotatable bonds is 5. The minimum atomic E-state index is -3.85. The number of H-pyrrole nitrogens is 1. The summed E-state index contributed by atoms with van der Waals surface area (Å²) in [5, 5.41) is 5.84. The number of hydrogen-bond donors (Lipinski definition) is 1. The average Bonchev–Trinajstić information content (AvgIpc) is 2.96. The van der Waals surface area contributed by atoms with Gasteiger partial charge in [0, 0.05) is 19.2 Å². The van der Waals surface area contributed by atoms with Gasteiger partial charge in [-0.1, -0.05) is 25.1 Å². The molecule has 0 aliphatic carbocycles. The van der Waals surface area contributed by atoms with Gasteiger partial charge in [-0.25, -0.2) is 13.4 Å². The number of amides is 1. The largest absolute Gasteiger partial charge is 0.315 e. The summed E-state index contributed by atoms with van der Waals surface area (Å²) in [6, 6.07) is 8.82. The third-order valence-electron chi connectivity index (χ3n) is 2.96. The molecule has 0 bridgehead atoms. The molecule has 0 unspecified atom stereocenters. The van der Waals surface area contributed by atoms with Gasteiger partial charge in [0.05, 0.1) is 0 Å². The molecule has 1 N–H and O–H groups in total. The summed E-state index contributed by atoms with van der Waals surface area (Å²) in [5.74, 6) is -0.735. The number of hydrogen-bond acceptors (Lipinski definition) is 5. The molecule has 2 aromatic rings. The van der Waals surface area contributed by atoms with Crippen molar-refractivity contribution in [1.29, 1.82) is 0 Å². The molecule has 0 fully saturated rings. The van der Waals surface area contributed by atoms with Gasteiger partial charge in [-0.15, -0.1) is 5.10 Å². The van der Waals surface area contributed by atoms with Gasteiger partial charge >= 0.3 is 0 Å². The Morgan fingerprint density at radius 1 is 1.29 bits per heavy atom. The number of benzene rings is 1. The summed E-state index contributed by atoms with van der Waals surface area (Å²) >= 11 is 0. The molecule has 7 nitrogen and oxygen atoms in total. The van der Waals surface area contributed by atoms with Crippen LogP contribution in [0, 0.1) is 0 Å². The van der Waals surface area contributed by atoms with E-state index in [9.17, 15) is 13.2 Å². The Morgan fingerprint density at radius 3 is 2.52 bits per heavy atom. The van der Waals surface area contributed by atoms with Crippen molar-refractivity contribution in [3.63, 3.8) is 0 Å². The first kappa shape index (κ1) is 15.2. The molecular weight excluding hydrogens is 292 g/mol. The normalized spacial score (nSPS) is 11.3. The summed E-state index contributed by atoms with van der Waals surface area (Å²) in [6.45, 7) is 1.82. The van der Waals surface area contributed by atoms with E-state index in [1.807, 2.05) is 13.0 Å². The molecule has 0 saturated carbocycles. The highest BCUT2D eigenvalue weighted by atomic mass is 32.2. The minimum absolute atomic E-state index is 0.339. The fourth-order valence-corrected chi connectivity index (χ4v) is 2.78. The second kappa shape index (κ2) is 6.04. The van der Waals surface area contributed by atoms with E-state index in [4.69, 9.17) is 0 Å². The SMILES string of the molecule is CCc1nc(S(=O)(=O)CC(=O)N(C)c2ccccc2)n[nH]1. The lowest BCUT2D eigenvalue weighted by Crippen LogP contribution is -2.32. The lowest BCUT2D eigenvalue weighted by atomic mass is 10.3. The zero-order valence-corrected chi connectivity index (χ0v) is 12.6. The lowest BCUT2D eigenvalue weighted by molar-refractivity contribution is -0.115. The van der Waals surface area contributed by atoms with Crippen LogP contribution in [0.5, 0.6) is 0 Å². The van der Waals surface area contributed by atoms with Crippen LogP contribution < -0.4 is 4.90 Å². The second-order valence-corrected chi connectivity index (χ2v) is 6.35. The van der Waals surface area contributed by atoms with Crippen LogP contribution in [0.25, 0.3) is 0 Å². The molecule has 21 heavy (non-hydrogen) atoms. The van der Waals surface area contributed by atoms with E-state index in [1.54, 1.807) is 24.3 Å². The maximum atomic E-state index is 12.1. The first-order chi connectivity index (χ1) is 9.94. The van der Waals surface area contributed by atoms with Gasteiger partial charge in [-0.05, 0) is 12.1 Å². The van der Waals surface area contributed by atoms with Gasteiger partial charge in [0.25, 0.3) is 5.16 Å². The topological polar surface area (TPSA) is 96.0 Å². The summed E-state index contributed by atoms with van der Waals surface area (Å²) in [5.41, 5.74) is 0.627. The summed E-state index contributed by atoms with van der Waals surface area (Å²) in [4.78, 5) is 17.2. The van der Waals surface area contributed by atoms with Crippen molar-refractivity contribution in [2.24, 2.45) is 0 Å². The molecule has 0 atom stereocenters. The molecule has 0 aliphatic heterocycles. The van der Waals surface area contributed by atoms with Crippen LogP contribution in [-0.4, -0.2) is 42.3 Å². The number of aromatic amines is 1. The zero-order valence-electron chi connectivity index (χ0n) is 11.8. The molecule has 0 aliphatic rings. The van der Waals surface area contributed by atoms with Crippen molar-refractivity contribution < 1.29 is 13.2 Å². The minimum Gasteiger partial charge on any atom is -0.315 e. The molecule has 0 spiro atoms. The van der Waals surface area contributed by atoms with E-state index in [0.29, 0.717) is 17.9 Å². The Hall–Kier alpha value is -2.22.